The number of hydrogen-bond donors (Lipinski definition) is 1. The lowest BCUT2D eigenvalue weighted by Gasteiger charge is -1.96. The number of halogens is 1. The molecular weight excluding hydrogens is 186 g/mol. The second-order valence-electron chi connectivity index (χ2n) is 1.96. The molecule has 1 atom stereocenters. The summed E-state index contributed by atoms with van der Waals surface area (Å²) in [5.41, 5.74) is -0.288. The summed E-state index contributed by atoms with van der Waals surface area (Å²) in [5, 5.41) is 0.245. The minimum atomic E-state index is -1.15. The van der Waals surface area contributed by atoms with Crippen molar-refractivity contribution in [3.8, 4) is 0 Å². The predicted molar refractivity (Wildman–Crippen MR) is 44.4 cm³/mol. The summed E-state index contributed by atoms with van der Waals surface area (Å²) in [4.78, 5) is 13.5. The molecular formula is C6H6ClNO2S. The minimum absolute atomic E-state index is 0.245. The van der Waals surface area contributed by atoms with Gasteiger partial charge in [-0.15, -0.1) is 0 Å². The van der Waals surface area contributed by atoms with Crippen LogP contribution in [0.4, 0.5) is 0 Å². The number of nitrogens with one attached hydrogen (secondary N) is 1. The van der Waals surface area contributed by atoms with Crippen LogP contribution >= 0.6 is 11.6 Å². The second kappa shape index (κ2) is 3.19. The molecule has 0 aliphatic heterocycles. The molecule has 0 saturated heterocycles. The summed E-state index contributed by atoms with van der Waals surface area (Å²) in [5.74, 6) is 0. The third-order valence-electron chi connectivity index (χ3n) is 1.15. The van der Waals surface area contributed by atoms with Crippen LogP contribution in [-0.2, 0) is 10.8 Å². The Balaban J connectivity index is 3.31. The van der Waals surface area contributed by atoms with Crippen molar-refractivity contribution in [2.45, 2.75) is 4.90 Å². The lowest BCUT2D eigenvalue weighted by molar-refractivity contribution is 0.686. The number of H-pyrrole nitrogens is 1. The first-order valence-electron chi connectivity index (χ1n) is 2.83. The Hall–Kier alpha value is -0.610. The van der Waals surface area contributed by atoms with E-state index in [0.29, 0.717) is 4.90 Å². The third kappa shape index (κ3) is 1.91. The van der Waals surface area contributed by atoms with E-state index in [0.717, 1.165) is 0 Å². The Morgan fingerprint density at radius 3 is 2.73 bits per heavy atom. The zero-order chi connectivity index (χ0) is 8.43. The third-order valence-corrected chi connectivity index (χ3v) is 2.53. The molecule has 0 aliphatic carbocycles. The van der Waals surface area contributed by atoms with Crippen LogP contribution in [-0.4, -0.2) is 15.4 Å². The van der Waals surface area contributed by atoms with Crippen molar-refractivity contribution in [3.63, 3.8) is 0 Å². The summed E-state index contributed by atoms with van der Waals surface area (Å²) < 4.78 is 10.9. The molecule has 1 aromatic heterocycles. The van der Waals surface area contributed by atoms with Crippen LogP contribution in [0.2, 0.25) is 5.02 Å². The van der Waals surface area contributed by atoms with Crippen LogP contribution in [0.25, 0.3) is 0 Å². The molecule has 0 fully saturated rings. The van der Waals surface area contributed by atoms with Crippen LogP contribution in [0, 0.1) is 0 Å². The molecule has 0 aliphatic rings. The Morgan fingerprint density at radius 2 is 2.27 bits per heavy atom. The van der Waals surface area contributed by atoms with E-state index in [2.05, 4.69) is 4.98 Å². The molecule has 5 heteroatoms. The summed E-state index contributed by atoms with van der Waals surface area (Å²) in [7, 11) is -1.15. The fourth-order valence-electron chi connectivity index (χ4n) is 0.654. The van der Waals surface area contributed by atoms with Gasteiger partial charge in [0.1, 0.15) is 0 Å². The molecule has 0 amide bonds. The quantitative estimate of drug-likeness (QED) is 0.713. The molecule has 60 valence electrons. The topological polar surface area (TPSA) is 49.9 Å². The summed E-state index contributed by atoms with van der Waals surface area (Å²) >= 11 is 5.61. The zero-order valence-corrected chi connectivity index (χ0v) is 7.33. The summed E-state index contributed by atoms with van der Waals surface area (Å²) in [6, 6.07) is 1.21. The lowest BCUT2D eigenvalue weighted by Crippen LogP contribution is -2.04. The summed E-state index contributed by atoms with van der Waals surface area (Å²) in [6.07, 6.45) is 2.86. The average molecular weight is 192 g/mol. The van der Waals surface area contributed by atoms with E-state index in [1.807, 2.05) is 0 Å². The molecule has 1 unspecified atom stereocenters. The largest absolute Gasteiger partial charge is 0.328 e. The molecule has 1 rings (SSSR count). The molecule has 0 radical (unpaired) electrons. The highest BCUT2D eigenvalue weighted by molar-refractivity contribution is 7.84. The van der Waals surface area contributed by atoms with Gasteiger partial charge >= 0.3 is 0 Å². The first-order valence-corrected chi connectivity index (χ1v) is 4.76. The van der Waals surface area contributed by atoms with E-state index in [4.69, 9.17) is 11.6 Å². The number of rotatable bonds is 1. The number of aromatic amines is 1. The van der Waals surface area contributed by atoms with Gasteiger partial charge in [-0.2, -0.15) is 0 Å². The minimum Gasteiger partial charge on any atom is -0.328 e. The van der Waals surface area contributed by atoms with Crippen molar-refractivity contribution in [2.24, 2.45) is 0 Å². The van der Waals surface area contributed by atoms with Gasteiger partial charge in [-0.25, -0.2) is 0 Å². The number of hydrogen-bond acceptors (Lipinski definition) is 2. The van der Waals surface area contributed by atoms with Crippen molar-refractivity contribution >= 4 is 22.4 Å². The van der Waals surface area contributed by atoms with E-state index >= 15 is 0 Å². The van der Waals surface area contributed by atoms with Crippen LogP contribution in [0.5, 0.6) is 0 Å². The molecule has 0 aromatic carbocycles. The normalized spacial score (nSPS) is 12.9. The molecule has 0 spiro atoms. The Morgan fingerprint density at radius 1 is 1.64 bits per heavy atom. The standard InChI is InChI=1S/C6H6ClNO2S/c1-11(10)5-3-8-6(9)2-4(5)7/h2-3H,1H3,(H,8,9). The maximum Gasteiger partial charge on any atom is 0.249 e. The van der Waals surface area contributed by atoms with Crippen LogP contribution in [0.15, 0.2) is 22.0 Å². The maximum absolute atomic E-state index is 10.9. The number of pyridine rings is 1. The average Bonchev–Trinajstić information content (AvgIpc) is 1.85. The van der Waals surface area contributed by atoms with E-state index in [9.17, 15) is 9.00 Å². The molecule has 0 saturated carbocycles. The van der Waals surface area contributed by atoms with E-state index in [1.165, 1.54) is 18.5 Å². The van der Waals surface area contributed by atoms with Crippen LogP contribution in [0.3, 0.4) is 0 Å². The maximum atomic E-state index is 10.9. The molecule has 1 aromatic rings. The first kappa shape index (κ1) is 8.49. The molecule has 1 N–H and O–H groups in total. The van der Waals surface area contributed by atoms with Crippen molar-refractivity contribution in [3.05, 3.63) is 27.6 Å². The van der Waals surface area contributed by atoms with Gasteiger partial charge in [0, 0.05) is 18.5 Å². The van der Waals surface area contributed by atoms with Gasteiger partial charge in [-0.1, -0.05) is 11.6 Å². The summed E-state index contributed by atoms with van der Waals surface area (Å²) in [6.45, 7) is 0. The Bertz CT molecular complexity index is 347. The van der Waals surface area contributed by atoms with Crippen molar-refractivity contribution in [1.29, 1.82) is 0 Å². The molecule has 3 nitrogen and oxygen atoms in total. The van der Waals surface area contributed by atoms with Crippen molar-refractivity contribution < 1.29 is 4.21 Å². The molecule has 0 bridgehead atoms. The van der Waals surface area contributed by atoms with E-state index < -0.39 is 10.8 Å². The number of aromatic nitrogens is 1. The smallest absolute Gasteiger partial charge is 0.249 e. The van der Waals surface area contributed by atoms with Gasteiger partial charge in [-0.3, -0.25) is 9.00 Å². The highest BCUT2D eigenvalue weighted by atomic mass is 35.5. The fraction of sp³-hybridized carbons (Fsp3) is 0.167. The monoisotopic (exact) mass is 191 g/mol. The van der Waals surface area contributed by atoms with E-state index in [-0.39, 0.29) is 10.6 Å². The molecule has 11 heavy (non-hydrogen) atoms. The van der Waals surface area contributed by atoms with Crippen molar-refractivity contribution in [2.75, 3.05) is 6.26 Å². The van der Waals surface area contributed by atoms with Gasteiger partial charge in [0.2, 0.25) is 5.56 Å². The molecule has 1 heterocycles. The van der Waals surface area contributed by atoms with Gasteiger partial charge in [0.25, 0.3) is 0 Å². The SMILES string of the molecule is CS(=O)c1c[nH]c(=O)cc1Cl. The lowest BCUT2D eigenvalue weighted by atomic mass is 10.5. The predicted octanol–water partition coefficient (Wildman–Crippen LogP) is 0.766. The van der Waals surface area contributed by atoms with Crippen LogP contribution in [0.1, 0.15) is 0 Å². The van der Waals surface area contributed by atoms with Gasteiger partial charge in [-0.05, 0) is 0 Å². The second-order valence-corrected chi connectivity index (χ2v) is 3.72. The van der Waals surface area contributed by atoms with Crippen LogP contribution < -0.4 is 5.56 Å². The van der Waals surface area contributed by atoms with Gasteiger partial charge in [0.15, 0.2) is 0 Å². The van der Waals surface area contributed by atoms with E-state index in [1.54, 1.807) is 0 Å². The Labute approximate surface area is 70.9 Å². The fourth-order valence-corrected chi connectivity index (χ4v) is 1.69. The highest BCUT2D eigenvalue weighted by Crippen LogP contribution is 2.14. The van der Waals surface area contributed by atoms with Gasteiger partial charge in [0.05, 0.1) is 20.7 Å². The Kier molecular flexibility index (Phi) is 2.46. The highest BCUT2D eigenvalue weighted by Gasteiger charge is 2.03. The van der Waals surface area contributed by atoms with Gasteiger partial charge < -0.3 is 4.98 Å². The first-order chi connectivity index (χ1) is 5.11. The zero-order valence-electron chi connectivity index (χ0n) is 5.76. The van der Waals surface area contributed by atoms with Crippen molar-refractivity contribution in [1.82, 2.24) is 4.98 Å².